The third-order valence-corrected chi connectivity index (χ3v) is 4.07. The molecular weight excluding hydrogens is 278 g/mol. The average molecular weight is 303 g/mol. The highest BCUT2D eigenvalue weighted by molar-refractivity contribution is 6.01. The molecule has 1 aliphatic rings. The van der Waals surface area contributed by atoms with Crippen molar-refractivity contribution in [1.29, 1.82) is 0 Å². The van der Waals surface area contributed by atoms with Crippen LogP contribution in [0.2, 0.25) is 0 Å². The Morgan fingerprint density at radius 2 is 2.05 bits per heavy atom. The normalized spacial score (nSPS) is 13.1. The van der Waals surface area contributed by atoms with Gasteiger partial charge in [-0.1, -0.05) is 13.8 Å². The first-order valence-corrected chi connectivity index (χ1v) is 8.07. The maximum atomic E-state index is 12.1. The van der Waals surface area contributed by atoms with Crippen molar-refractivity contribution >= 4 is 17.5 Å². The number of hydrogen-bond acceptors (Lipinski definition) is 3. The number of unbranched alkanes of at least 4 members (excludes halogenated alkanes) is 1. The van der Waals surface area contributed by atoms with Gasteiger partial charge in [-0.2, -0.15) is 0 Å². The largest absolute Gasteiger partial charge is 0.352 e. The second-order valence-corrected chi connectivity index (χ2v) is 5.59. The summed E-state index contributed by atoms with van der Waals surface area (Å²) in [6, 6.07) is 5.36. The molecule has 2 amide bonds. The molecule has 0 bridgehead atoms. The summed E-state index contributed by atoms with van der Waals surface area (Å²) in [6.45, 7) is 8.25. The average Bonchev–Trinajstić information content (AvgIpc) is 2.89. The van der Waals surface area contributed by atoms with Crippen molar-refractivity contribution in [2.75, 3.05) is 31.5 Å². The van der Waals surface area contributed by atoms with Gasteiger partial charge in [-0.25, -0.2) is 0 Å². The highest BCUT2D eigenvalue weighted by atomic mass is 16.2. The summed E-state index contributed by atoms with van der Waals surface area (Å²) in [5.41, 5.74) is 2.35. The lowest BCUT2D eigenvalue weighted by Gasteiger charge is -2.17. The van der Waals surface area contributed by atoms with Crippen LogP contribution < -0.4 is 10.6 Å². The van der Waals surface area contributed by atoms with Crippen LogP contribution in [0.1, 0.15) is 42.6 Å². The van der Waals surface area contributed by atoms with Crippen molar-refractivity contribution in [3.05, 3.63) is 29.3 Å². The predicted octanol–water partition coefficient (Wildman–Crippen LogP) is 2.03. The molecule has 0 saturated carbocycles. The number of benzene rings is 1. The van der Waals surface area contributed by atoms with Crippen LogP contribution in [0.5, 0.6) is 0 Å². The molecule has 5 heteroatoms. The molecule has 0 unspecified atom stereocenters. The molecule has 0 fully saturated rings. The first-order valence-electron chi connectivity index (χ1n) is 8.07. The quantitative estimate of drug-likeness (QED) is 0.722. The lowest BCUT2D eigenvalue weighted by atomic mass is 10.1. The maximum Gasteiger partial charge on any atom is 0.251 e. The van der Waals surface area contributed by atoms with Crippen LogP contribution in [-0.4, -0.2) is 42.9 Å². The third-order valence-electron chi connectivity index (χ3n) is 4.07. The third kappa shape index (κ3) is 4.31. The summed E-state index contributed by atoms with van der Waals surface area (Å²) in [6.07, 6.45) is 2.43. The molecule has 2 rings (SSSR count). The Morgan fingerprint density at radius 1 is 1.27 bits per heavy atom. The molecule has 0 saturated heterocycles. The molecule has 22 heavy (non-hydrogen) atoms. The van der Waals surface area contributed by atoms with Crippen LogP contribution in [0.3, 0.4) is 0 Å². The zero-order valence-corrected chi connectivity index (χ0v) is 13.4. The number of rotatable bonds is 8. The van der Waals surface area contributed by atoms with E-state index in [-0.39, 0.29) is 11.8 Å². The van der Waals surface area contributed by atoms with Crippen LogP contribution in [0.4, 0.5) is 5.69 Å². The molecule has 0 atom stereocenters. The van der Waals surface area contributed by atoms with Crippen molar-refractivity contribution in [1.82, 2.24) is 10.2 Å². The van der Waals surface area contributed by atoms with Gasteiger partial charge in [-0.15, -0.1) is 0 Å². The van der Waals surface area contributed by atoms with Gasteiger partial charge in [0.1, 0.15) is 0 Å². The predicted molar refractivity (Wildman–Crippen MR) is 88.1 cm³/mol. The van der Waals surface area contributed by atoms with E-state index >= 15 is 0 Å². The van der Waals surface area contributed by atoms with E-state index in [1.807, 2.05) is 0 Å². The smallest absolute Gasteiger partial charge is 0.251 e. The van der Waals surface area contributed by atoms with E-state index in [1.165, 1.54) is 0 Å². The van der Waals surface area contributed by atoms with Crippen molar-refractivity contribution in [3.63, 3.8) is 0 Å². The van der Waals surface area contributed by atoms with E-state index in [0.29, 0.717) is 18.5 Å². The van der Waals surface area contributed by atoms with Crippen LogP contribution in [-0.2, 0) is 11.2 Å². The second-order valence-electron chi connectivity index (χ2n) is 5.59. The van der Waals surface area contributed by atoms with E-state index in [4.69, 9.17) is 0 Å². The van der Waals surface area contributed by atoms with E-state index < -0.39 is 0 Å². The topological polar surface area (TPSA) is 61.4 Å². The Kier molecular flexibility index (Phi) is 5.95. The lowest BCUT2D eigenvalue weighted by Crippen LogP contribution is -2.27. The first kappa shape index (κ1) is 16.5. The summed E-state index contributed by atoms with van der Waals surface area (Å²) < 4.78 is 0. The second kappa shape index (κ2) is 7.94. The highest BCUT2D eigenvalue weighted by Gasteiger charge is 2.18. The Balaban J connectivity index is 1.74. The van der Waals surface area contributed by atoms with Crippen LogP contribution in [0.25, 0.3) is 0 Å². The minimum atomic E-state index is -0.0648. The minimum Gasteiger partial charge on any atom is -0.352 e. The summed E-state index contributed by atoms with van der Waals surface area (Å²) in [5, 5.41) is 5.72. The van der Waals surface area contributed by atoms with Gasteiger partial charge >= 0.3 is 0 Å². The molecule has 2 N–H and O–H groups in total. The van der Waals surface area contributed by atoms with Gasteiger partial charge in [-0.05, 0) is 56.2 Å². The number of amides is 2. The summed E-state index contributed by atoms with van der Waals surface area (Å²) in [5.74, 6) is -0.0750. The standard InChI is InChI=1S/C17H25N3O2/c1-3-20(4-2)10-6-5-9-18-17(22)13-7-8-15-14(11-13)12-16(21)19-15/h7-8,11H,3-6,9-10,12H2,1-2H3,(H,18,22)(H,19,21). The maximum absolute atomic E-state index is 12.1. The van der Waals surface area contributed by atoms with Gasteiger partial charge in [0.25, 0.3) is 5.91 Å². The molecule has 1 aromatic carbocycles. The summed E-state index contributed by atoms with van der Waals surface area (Å²) in [4.78, 5) is 25.8. The molecule has 1 heterocycles. The summed E-state index contributed by atoms with van der Waals surface area (Å²) >= 11 is 0. The molecule has 0 spiro atoms. The molecule has 0 aliphatic carbocycles. The van der Waals surface area contributed by atoms with Gasteiger partial charge in [0.05, 0.1) is 6.42 Å². The number of nitrogens with one attached hydrogen (secondary N) is 2. The van der Waals surface area contributed by atoms with Crippen molar-refractivity contribution in [2.24, 2.45) is 0 Å². The molecule has 0 radical (unpaired) electrons. The minimum absolute atomic E-state index is 0.0102. The van der Waals surface area contributed by atoms with Crippen molar-refractivity contribution in [2.45, 2.75) is 33.1 Å². The van der Waals surface area contributed by atoms with E-state index in [0.717, 1.165) is 43.7 Å². The monoisotopic (exact) mass is 303 g/mol. The molecule has 5 nitrogen and oxygen atoms in total. The van der Waals surface area contributed by atoms with E-state index in [9.17, 15) is 9.59 Å². The molecule has 1 aromatic rings. The van der Waals surface area contributed by atoms with Crippen LogP contribution in [0.15, 0.2) is 18.2 Å². The van der Waals surface area contributed by atoms with Gasteiger partial charge in [0.15, 0.2) is 0 Å². The Morgan fingerprint density at radius 3 is 2.77 bits per heavy atom. The van der Waals surface area contributed by atoms with E-state index in [1.54, 1.807) is 18.2 Å². The van der Waals surface area contributed by atoms with Crippen LogP contribution in [0, 0.1) is 0 Å². The fourth-order valence-electron chi connectivity index (χ4n) is 2.67. The Bertz CT molecular complexity index is 539. The summed E-state index contributed by atoms with van der Waals surface area (Å²) in [7, 11) is 0. The highest BCUT2D eigenvalue weighted by Crippen LogP contribution is 2.23. The number of carbonyl (C=O) groups is 2. The first-order chi connectivity index (χ1) is 10.6. The van der Waals surface area contributed by atoms with Gasteiger partial charge in [0.2, 0.25) is 5.91 Å². The van der Waals surface area contributed by atoms with Crippen molar-refractivity contribution < 1.29 is 9.59 Å². The van der Waals surface area contributed by atoms with E-state index in [2.05, 4.69) is 29.4 Å². The lowest BCUT2D eigenvalue weighted by molar-refractivity contribution is -0.115. The zero-order valence-electron chi connectivity index (χ0n) is 13.4. The zero-order chi connectivity index (χ0) is 15.9. The number of anilines is 1. The number of nitrogens with zero attached hydrogens (tertiary/aromatic N) is 1. The molecule has 1 aliphatic heterocycles. The Hall–Kier alpha value is -1.88. The van der Waals surface area contributed by atoms with Gasteiger partial charge < -0.3 is 15.5 Å². The molecule has 0 aromatic heterocycles. The van der Waals surface area contributed by atoms with Gasteiger partial charge in [-0.3, -0.25) is 9.59 Å². The molecular formula is C17H25N3O2. The SMILES string of the molecule is CCN(CC)CCCCNC(=O)c1ccc2c(c1)CC(=O)N2. The number of fused-ring (bicyclic) bond motifs is 1. The van der Waals surface area contributed by atoms with Crippen LogP contribution >= 0.6 is 0 Å². The number of carbonyl (C=O) groups excluding carboxylic acids is 2. The van der Waals surface area contributed by atoms with Crippen molar-refractivity contribution in [3.8, 4) is 0 Å². The fraction of sp³-hybridized carbons (Fsp3) is 0.529. The Labute approximate surface area is 132 Å². The van der Waals surface area contributed by atoms with Gasteiger partial charge in [0, 0.05) is 17.8 Å². The number of hydrogen-bond donors (Lipinski definition) is 2. The fourth-order valence-corrected chi connectivity index (χ4v) is 2.67. The molecule has 120 valence electrons.